The average molecular weight is 580 g/mol. The highest BCUT2D eigenvalue weighted by atomic mass is 19.4. The summed E-state index contributed by atoms with van der Waals surface area (Å²) in [7, 11) is 1.43. The fourth-order valence-electron chi connectivity index (χ4n) is 5.51. The maximum absolute atomic E-state index is 12.8. The van der Waals surface area contributed by atoms with E-state index in [1.807, 2.05) is 0 Å². The van der Waals surface area contributed by atoms with Crippen LogP contribution in [0.3, 0.4) is 0 Å². The lowest BCUT2D eigenvalue weighted by Gasteiger charge is -2.51. The summed E-state index contributed by atoms with van der Waals surface area (Å²) in [4.78, 5) is 40.2. The Morgan fingerprint density at radius 2 is 1.76 bits per heavy atom. The van der Waals surface area contributed by atoms with Crippen molar-refractivity contribution in [2.75, 3.05) is 13.7 Å². The largest absolute Gasteiger partial charge is 0.477 e. The van der Waals surface area contributed by atoms with Crippen LogP contribution in [0.5, 0.6) is 0 Å². The van der Waals surface area contributed by atoms with Crippen LogP contribution in [0.1, 0.15) is 70.6 Å². The van der Waals surface area contributed by atoms with Crippen LogP contribution < -0.4 is 11.1 Å². The Bertz CT molecular complexity index is 1450. The molecule has 10 nitrogen and oxygen atoms in total. The molecule has 3 aromatic rings. The molecule has 3 fully saturated rings. The number of halogens is 4. The highest BCUT2D eigenvalue weighted by molar-refractivity contribution is 5.96. The van der Waals surface area contributed by atoms with Gasteiger partial charge >= 0.3 is 18.1 Å². The Hall–Kier alpha value is -4.07. The molecule has 4 N–H and O–H groups in total. The van der Waals surface area contributed by atoms with Crippen LogP contribution >= 0.6 is 0 Å². The van der Waals surface area contributed by atoms with Crippen molar-refractivity contribution in [3.8, 4) is 0 Å². The predicted octanol–water partition coefficient (Wildman–Crippen LogP) is 3.97. The first-order valence-corrected chi connectivity index (χ1v) is 12.8. The van der Waals surface area contributed by atoms with E-state index in [4.69, 9.17) is 10.5 Å². The zero-order chi connectivity index (χ0) is 30.0. The first kappa shape index (κ1) is 29.9. The summed E-state index contributed by atoms with van der Waals surface area (Å²) in [5.41, 5.74) is 3.97. The molecule has 0 atom stereocenters. The molecule has 0 unspecified atom stereocenters. The summed E-state index contributed by atoms with van der Waals surface area (Å²) in [6.45, 7) is 0.444. The summed E-state index contributed by atoms with van der Waals surface area (Å²) < 4.78 is 55.2. The van der Waals surface area contributed by atoms with E-state index in [0.29, 0.717) is 12.2 Å². The number of hydrogen-bond acceptors (Lipinski definition) is 7. The number of ether oxygens (including phenoxy) is 1. The van der Waals surface area contributed by atoms with Gasteiger partial charge in [-0.3, -0.25) is 9.59 Å². The molecule has 2 heterocycles. The number of hydrogen-bond donors (Lipinski definition) is 3. The average Bonchev–Trinajstić information content (AvgIpc) is 3.45. The van der Waals surface area contributed by atoms with Crippen molar-refractivity contribution in [2.24, 2.45) is 16.6 Å². The fourth-order valence-corrected chi connectivity index (χ4v) is 5.51. The number of carboxylic acids is 1. The molecule has 3 saturated carbocycles. The topological polar surface area (TPSA) is 149 Å². The normalized spacial score (nSPS) is 21.6. The zero-order valence-corrected chi connectivity index (χ0v) is 22.1. The molecule has 3 aliphatic carbocycles. The Morgan fingerprint density at radius 1 is 1.10 bits per heavy atom. The number of methoxy groups -OCH3 is 1. The Labute approximate surface area is 231 Å². The van der Waals surface area contributed by atoms with E-state index < -0.39 is 23.5 Å². The molecule has 0 aliphatic heterocycles. The van der Waals surface area contributed by atoms with Gasteiger partial charge in [-0.05, 0) is 61.6 Å². The van der Waals surface area contributed by atoms with Gasteiger partial charge in [-0.15, -0.1) is 0 Å². The molecule has 1 amide bonds. The molecule has 0 saturated heterocycles. The van der Waals surface area contributed by atoms with E-state index in [1.165, 1.54) is 30.0 Å². The number of aromatic nitrogens is 3. The number of amides is 1. The third-order valence-electron chi connectivity index (χ3n) is 8.03. The molecule has 0 radical (unpaired) electrons. The second-order valence-corrected chi connectivity index (χ2v) is 10.4. The number of carboxylic acid groups (broad SMARTS) is 1. The van der Waals surface area contributed by atoms with Crippen LogP contribution in [0.2, 0.25) is 0 Å². The summed E-state index contributed by atoms with van der Waals surface area (Å²) >= 11 is 0. The van der Waals surface area contributed by atoms with E-state index in [1.54, 1.807) is 6.07 Å². The van der Waals surface area contributed by atoms with Crippen LogP contribution in [0.4, 0.5) is 17.6 Å². The molecule has 2 aromatic heterocycles. The van der Waals surface area contributed by atoms with Gasteiger partial charge in [-0.1, -0.05) is 6.07 Å². The number of nitrogens with two attached hydrogens (primary N) is 1. The first-order valence-electron chi connectivity index (χ1n) is 12.8. The van der Waals surface area contributed by atoms with Crippen molar-refractivity contribution in [1.29, 1.82) is 0 Å². The standard InChI is InChI=1S/C19H22N4O5.C8H7F4N/c1-28-17(27)19-6-3-18(4-7-19,5-8-19)11-20-15(24)13-10-12(16(25)26)22-14-2-9-21-23(13)14;9-7-2-1-5(4-13)3-6(7)8(10,11)12/h2,9-10H,3-8,11H2,1H3,(H,20,24)(H,25,26);1-3H,4,13H2. The SMILES string of the molecule is COC(=O)C12CCC(CNC(=O)c3cc(C(=O)O)nc4ccnn34)(CC1)CC2.NCc1ccc(F)c(C(F)(F)F)c1. The number of esters is 1. The number of nitrogens with zero attached hydrogens (tertiary/aromatic N) is 3. The van der Waals surface area contributed by atoms with Gasteiger partial charge in [-0.25, -0.2) is 18.7 Å². The zero-order valence-electron chi connectivity index (χ0n) is 22.1. The van der Waals surface area contributed by atoms with Crippen LogP contribution in [0.15, 0.2) is 36.5 Å². The van der Waals surface area contributed by atoms with Crippen LogP contribution in [-0.4, -0.2) is 51.2 Å². The van der Waals surface area contributed by atoms with E-state index in [-0.39, 0.29) is 46.2 Å². The van der Waals surface area contributed by atoms with E-state index in [0.717, 1.165) is 50.7 Å². The lowest BCUT2D eigenvalue weighted by atomic mass is 9.53. The number of carbonyl (C=O) groups is 3. The van der Waals surface area contributed by atoms with E-state index >= 15 is 0 Å². The van der Waals surface area contributed by atoms with E-state index in [2.05, 4.69) is 15.4 Å². The van der Waals surface area contributed by atoms with Gasteiger partial charge in [-0.2, -0.15) is 18.3 Å². The smallest absolute Gasteiger partial charge is 0.419 e. The third-order valence-corrected chi connectivity index (χ3v) is 8.03. The molecule has 41 heavy (non-hydrogen) atoms. The van der Waals surface area contributed by atoms with E-state index in [9.17, 15) is 37.1 Å². The Balaban J connectivity index is 0.000000251. The van der Waals surface area contributed by atoms with Crippen molar-refractivity contribution in [3.63, 3.8) is 0 Å². The Kier molecular flexibility index (Phi) is 8.34. The number of rotatable bonds is 6. The number of aromatic carboxylic acids is 1. The summed E-state index contributed by atoms with van der Waals surface area (Å²) in [5, 5.41) is 16.3. The highest BCUT2D eigenvalue weighted by Crippen LogP contribution is 2.57. The minimum Gasteiger partial charge on any atom is -0.477 e. The monoisotopic (exact) mass is 579 g/mol. The second kappa shape index (κ2) is 11.4. The fraction of sp³-hybridized carbons (Fsp3) is 0.444. The number of nitrogens with one attached hydrogen (secondary N) is 1. The molecule has 2 bridgehead atoms. The lowest BCUT2D eigenvalue weighted by Crippen LogP contribution is -2.50. The first-order chi connectivity index (χ1) is 19.3. The highest BCUT2D eigenvalue weighted by Gasteiger charge is 2.53. The predicted molar refractivity (Wildman–Crippen MR) is 136 cm³/mol. The maximum Gasteiger partial charge on any atom is 0.419 e. The van der Waals surface area contributed by atoms with Gasteiger partial charge < -0.3 is 20.9 Å². The van der Waals surface area contributed by atoms with Gasteiger partial charge in [0.1, 0.15) is 11.5 Å². The van der Waals surface area contributed by atoms with Crippen molar-refractivity contribution < 1.29 is 41.8 Å². The number of fused-ring (bicyclic) bond motifs is 4. The van der Waals surface area contributed by atoms with Gasteiger partial charge in [0.05, 0.1) is 24.3 Å². The van der Waals surface area contributed by atoms with Gasteiger partial charge in [0, 0.05) is 25.2 Å². The third kappa shape index (κ3) is 6.16. The van der Waals surface area contributed by atoms with Gasteiger partial charge in [0.25, 0.3) is 5.91 Å². The molecule has 14 heteroatoms. The summed E-state index contributed by atoms with van der Waals surface area (Å²) in [6.07, 6.45) is 1.71. The van der Waals surface area contributed by atoms with Crippen molar-refractivity contribution in [2.45, 2.75) is 51.2 Å². The van der Waals surface area contributed by atoms with Crippen LogP contribution in [-0.2, 0) is 22.3 Å². The molecule has 0 spiro atoms. The molecular weight excluding hydrogens is 550 g/mol. The second-order valence-electron chi connectivity index (χ2n) is 10.4. The minimum atomic E-state index is -4.66. The molecule has 1 aromatic carbocycles. The van der Waals surface area contributed by atoms with Crippen molar-refractivity contribution >= 4 is 23.5 Å². The van der Waals surface area contributed by atoms with Gasteiger partial charge in [0.2, 0.25) is 0 Å². The minimum absolute atomic E-state index is 0.0304. The van der Waals surface area contributed by atoms with Crippen molar-refractivity contribution in [3.05, 3.63) is 64.9 Å². The Morgan fingerprint density at radius 3 is 2.32 bits per heavy atom. The molecule has 3 aliphatic rings. The quantitative estimate of drug-likeness (QED) is 0.293. The summed E-state index contributed by atoms with van der Waals surface area (Å²) in [6, 6.07) is 5.50. The number of carbonyl (C=O) groups excluding carboxylic acids is 2. The lowest BCUT2D eigenvalue weighted by molar-refractivity contribution is -0.162. The number of benzene rings is 1. The van der Waals surface area contributed by atoms with Crippen LogP contribution in [0.25, 0.3) is 5.65 Å². The maximum atomic E-state index is 12.8. The molecule has 6 rings (SSSR count). The van der Waals surface area contributed by atoms with Crippen molar-refractivity contribution in [1.82, 2.24) is 19.9 Å². The molecule has 220 valence electrons. The van der Waals surface area contributed by atoms with Gasteiger partial charge in [0.15, 0.2) is 11.3 Å². The number of alkyl halides is 3. The summed E-state index contributed by atoms with van der Waals surface area (Å²) in [5.74, 6) is -2.98. The molecular formula is C27H29F4N5O5. The van der Waals surface area contributed by atoms with Crippen LogP contribution in [0, 0.1) is 16.6 Å².